The Morgan fingerprint density at radius 3 is 1.96 bits per heavy atom. The number of allylic oxidation sites excluding steroid dienone is 1. The van der Waals surface area contributed by atoms with E-state index in [1.54, 1.807) is 12.1 Å². The number of nitrogens with one attached hydrogen (secondary N) is 2. The lowest BCUT2D eigenvalue weighted by atomic mass is 9.96. The Labute approximate surface area is 133 Å². The van der Waals surface area contributed by atoms with E-state index in [2.05, 4.69) is 10.6 Å². The van der Waals surface area contributed by atoms with Crippen molar-refractivity contribution in [2.45, 2.75) is 6.42 Å². The van der Waals surface area contributed by atoms with Crippen LogP contribution in [-0.4, -0.2) is 18.9 Å². The molecule has 0 spiro atoms. The van der Waals surface area contributed by atoms with E-state index in [4.69, 9.17) is 0 Å². The summed E-state index contributed by atoms with van der Waals surface area (Å²) < 4.78 is 26.1. The Hall–Kier alpha value is -2.69. The second-order valence-electron chi connectivity index (χ2n) is 5.35. The summed E-state index contributed by atoms with van der Waals surface area (Å²) in [5.41, 5.74) is 1.81. The van der Waals surface area contributed by atoms with Crippen LogP contribution >= 0.6 is 0 Å². The Kier molecular flexibility index (Phi) is 4.37. The molecule has 5 heteroatoms. The molecule has 0 atom stereocenters. The van der Waals surface area contributed by atoms with E-state index in [-0.39, 0.29) is 17.4 Å². The van der Waals surface area contributed by atoms with Crippen LogP contribution < -0.4 is 10.6 Å². The van der Waals surface area contributed by atoms with Gasteiger partial charge in [-0.05, 0) is 42.0 Å². The van der Waals surface area contributed by atoms with E-state index in [0.717, 1.165) is 18.7 Å². The molecular formula is C18H16F2N2O. The fraction of sp³-hybridized carbons (Fsp3) is 0.167. The second-order valence-corrected chi connectivity index (χ2v) is 5.35. The van der Waals surface area contributed by atoms with Crippen LogP contribution in [0.1, 0.15) is 15.9 Å². The van der Waals surface area contributed by atoms with Crippen LogP contribution in [0, 0.1) is 11.6 Å². The molecule has 1 fully saturated rings. The molecule has 0 bridgehead atoms. The molecule has 3 nitrogen and oxygen atoms in total. The topological polar surface area (TPSA) is 41.1 Å². The van der Waals surface area contributed by atoms with Crippen molar-refractivity contribution < 1.29 is 13.6 Å². The van der Waals surface area contributed by atoms with Crippen molar-refractivity contribution in [2.75, 3.05) is 13.1 Å². The zero-order valence-electron chi connectivity index (χ0n) is 12.4. The van der Waals surface area contributed by atoms with Gasteiger partial charge in [-0.1, -0.05) is 12.1 Å². The van der Waals surface area contributed by atoms with E-state index >= 15 is 0 Å². The summed E-state index contributed by atoms with van der Waals surface area (Å²) >= 11 is 0. The van der Waals surface area contributed by atoms with Gasteiger partial charge in [0.1, 0.15) is 17.5 Å². The maximum atomic E-state index is 13.1. The summed E-state index contributed by atoms with van der Waals surface area (Å²) in [7, 11) is 0. The molecule has 0 radical (unpaired) electrons. The van der Waals surface area contributed by atoms with Crippen LogP contribution in [0.4, 0.5) is 8.78 Å². The van der Waals surface area contributed by atoms with E-state index in [1.807, 2.05) is 0 Å². The van der Waals surface area contributed by atoms with Gasteiger partial charge in [-0.15, -0.1) is 0 Å². The highest BCUT2D eigenvalue weighted by atomic mass is 19.1. The molecule has 1 aliphatic rings. The lowest BCUT2D eigenvalue weighted by Crippen LogP contribution is -2.20. The van der Waals surface area contributed by atoms with Crippen molar-refractivity contribution in [1.29, 1.82) is 0 Å². The predicted octanol–water partition coefficient (Wildman–Crippen LogP) is 2.79. The molecule has 0 amide bonds. The second kappa shape index (κ2) is 6.60. The lowest BCUT2D eigenvalue weighted by molar-refractivity contribution is 0.103. The average Bonchev–Trinajstić information content (AvgIpc) is 3.08. The van der Waals surface area contributed by atoms with Gasteiger partial charge in [-0.25, -0.2) is 8.78 Å². The molecule has 0 aromatic heterocycles. The van der Waals surface area contributed by atoms with Crippen molar-refractivity contribution in [2.24, 2.45) is 0 Å². The molecule has 0 saturated carbocycles. The molecule has 3 rings (SSSR count). The molecule has 23 heavy (non-hydrogen) atoms. The summed E-state index contributed by atoms with van der Waals surface area (Å²) in [5.74, 6) is -0.189. The quantitative estimate of drug-likeness (QED) is 0.673. The Bertz CT molecular complexity index is 729. The van der Waals surface area contributed by atoms with Gasteiger partial charge < -0.3 is 10.6 Å². The van der Waals surface area contributed by atoms with E-state index in [1.165, 1.54) is 36.4 Å². The van der Waals surface area contributed by atoms with Crippen molar-refractivity contribution in [3.63, 3.8) is 0 Å². The van der Waals surface area contributed by atoms with E-state index in [0.29, 0.717) is 23.4 Å². The molecule has 2 aromatic rings. The van der Waals surface area contributed by atoms with Gasteiger partial charge in [0, 0.05) is 30.6 Å². The van der Waals surface area contributed by atoms with Gasteiger partial charge in [0.15, 0.2) is 5.78 Å². The van der Waals surface area contributed by atoms with Crippen LogP contribution in [0.25, 0.3) is 0 Å². The van der Waals surface area contributed by atoms with Crippen molar-refractivity contribution >= 4 is 5.78 Å². The highest BCUT2D eigenvalue weighted by Crippen LogP contribution is 2.18. The molecule has 2 aromatic carbocycles. The minimum absolute atomic E-state index is 0.175. The van der Waals surface area contributed by atoms with Crippen LogP contribution in [-0.2, 0) is 6.42 Å². The van der Waals surface area contributed by atoms with Gasteiger partial charge in [-0.2, -0.15) is 0 Å². The molecule has 0 aliphatic carbocycles. The van der Waals surface area contributed by atoms with Crippen molar-refractivity contribution in [3.8, 4) is 0 Å². The third-order valence-corrected chi connectivity index (χ3v) is 3.70. The molecule has 0 unspecified atom stereocenters. The molecule has 118 valence electrons. The largest absolute Gasteiger partial charge is 0.370 e. The molecular weight excluding hydrogens is 298 g/mol. The Balaban J connectivity index is 1.92. The predicted molar refractivity (Wildman–Crippen MR) is 83.9 cm³/mol. The van der Waals surface area contributed by atoms with E-state index in [9.17, 15) is 13.6 Å². The van der Waals surface area contributed by atoms with Crippen molar-refractivity contribution in [3.05, 3.63) is 82.7 Å². The summed E-state index contributed by atoms with van der Waals surface area (Å²) in [6.45, 7) is 1.47. The monoisotopic (exact) mass is 314 g/mol. The van der Waals surface area contributed by atoms with Crippen LogP contribution in [0.2, 0.25) is 0 Å². The number of ketones is 1. The SMILES string of the molecule is O=C(C(Cc1ccc(F)cc1)=C1NCCN1)c1ccc(F)cc1. The van der Waals surface area contributed by atoms with E-state index < -0.39 is 0 Å². The number of rotatable bonds is 4. The smallest absolute Gasteiger partial charge is 0.192 e. The van der Waals surface area contributed by atoms with Gasteiger partial charge in [0.25, 0.3) is 0 Å². The van der Waals surface area contributed by atoms with Gasteiger partial charge in [0.05, 0.1) is 0 Å². The Morgan fingerprint density at radius 2 is 1.39 bits per heavy atom. The molecule has 2 N–H and O–H groups in total. The number of Topliss-reactive ketones (excluding diaryl/α,β-unsaturated/α-hetero) is 1. The first kappa shape index (κ1) is 15.2. The van der Waals surface area contributed by atoms with Crippen LogP contribution in [0.3, 0.4) is 0 Å². The first-order chi connectivity index (χ1) is 11.1. The number of carbonyl (C=O) groups excluding carboxylic acids is 1. The first-order valence-corrected chi connectivity index (χ1v) is 7.39. The van der Waals surface area contributed by atoms with Gasteiger partial charge in [0.2, 0.25) is 0 Å². The summed E-state index contributed by atoms with van der Waals surface area (Å²) in [6.07, 6.45) is 0.367. The minimum atomic E-state index is -0.383. The minimum Gasteiger partial charge on any atom is -0.370 e. The highest BCUT2D eigenvalue weighted by molar-refractivity contribution is 6.09. The zero-order chi connectivity index (χ0) is 16.2. The maximum absolute atomic E-state index is 13.1. The fourth-order valence-electron chi connectivity index (χ4n) is 2.51. The third kappa shape index (κ3) is 3.56. The first-order valence-electron chi connectivity index (χ1n) is 7.39. The van der Waals surface area contributed by atoms with Crippen LogP contribution in [0.5, 0.6) is 0 Å². The summed E-state index contributed by atoms with van der Waals surface area (Å²) in [5, 5.41) is 6.30. The zero-order valence-corrected chi connectivity index (χ0v) is 12.4. The molecule has 1 heterocycles. The summed E-state index contributed by atoms with van der Waals surface area (Å²) in [4.78, 5) is 12.8. The highest BCUT2D eigenvalue weighted by Gasteiger charge is 2.20. The summed E-state index contributed by atoms with van der Waals surface area (Å²) in [6, 6.07) is 11.5. The van der Waals surface area contributed by atoms with Gasteiger partial charge in [-0.3, -0.25) is 4.79 Å². The molecule has 1 saturated heterocycles. The van der Waals surface area contributed by atoms with Crippen molar-refractivity contribution in [1.82, 2.24) is 10.6 Å². The number of carbonyl (C=O) groups is 1. The fourth-order valence-corrected chi connectivity index (χ4v) is 2.51. The standard InChI is InChI=1S/C18H16F2N2O/c19-14-5-1-12(2-6-14)11-16(18-21-9-10-22-18)17(23)13-3-7-15(20)8-4-13/h1-8,21-22H,9-11H2. The number of hydrogen-bond acceptors (Lipinski definition) is 3. The van der Waals surface area contributed by atoms with Crippen LogP contribution in [0.15, 0.2) is 59.9 Å². The Morgan fingerprint density at radius 1 is 0.870 bits per heavy atom. The average molecular weight is 314 g/mol. The third-order valence-electron chi connectivity index (χ3n) is 3.70. The number of halogens is 2. The molecule has 1 aliphatic heterocycles. The van der Waals surface area contributed by atoms with Gasteiger partial charge >= 0.3 is 0 Å². The number of benzene rings is 2. The normalized spacial score (nSPS) is 13.4. The number of hydrogen-bond donors (Lipinski definition) is 2. The lowest BCUT2D eigenvalue weighted by Gasteiger charge is -2.12. The maximum Gasteiger partial charge on any atom is 0.192 e.